The highest BCUT2D eigenvalue weighted by Crippen LogP contribution is 2.38. The molecule has 1 aromatic heterocycles. The van der Waals surface area contributed by atoms with Crippen molar-refractivity contribution < 1.29 is 9.59 Å². The fourth-order valence-corrected chi connectivity index (χ4v) is 4.10. The fourth-order valence-electron chi connectivity index (χ4n) is 2.94. The molecule has 1 aliphatic rings. The van der Waals surface area contributed by atoms with E-state index in [2.05, 4.69) is 10.9 Å². The molecule has 1 aliphatic heterocycles. The summed E-state index contributed by atoms with van der Waals surface area (Å²) in [5.41, 5.74) is 9.10. The second-order valence-corrected chi connectivity index (χ2v) is 8.31. The number of hydrazine groups is 1. The van der Waals surface area contributed by atoms with Crippen LogP contribution in [0.4, 0.5) is 5.00 Å². The van der Waals surface area contributed by atoms with E-state index in [1.54, 1.807) is 11.3 Å². The summed E-state index contributed by atoms with van der Waals surface area (Å²) in [6.45, 7) is 7.00. The number of amides is 1. The Morgan fingerprint density at radius 3 is 2.46 bits per heavy atom. The molecule has 1 amide bonds. The smallest absolute Gasteiger partial charge is 0.235 e. The third-order valence-corrected chi connectivity index (χ3v) is 5.74. The number of benzene rings is 1. The summed E-state index contributed by atoms with van der Waals surface area (Å²) in [4.78, 5) is 34.0. The lowest BCUT2D eigenvalue weighted by molar-refractivity contribution is -0.119. The number of nitrogens with zero attached hydrogens (tertiary/aromatic N) is 2. The maximum atomic E-state index is 11.9. The fraction of sp³-hybridized carbons (Fsp3) is 0.300. The van der Waals surface area contributed by atoms with E-state index in [-0.39, 0.29) is 18.1 Å². The average molecular weight is 417 g/mol. The first-order chi connectivity index (χ1) is 13.3. The molecule has 0 bridgehead atoms. The van der Waals surface area contributed by atoms with Crippen LogP contribution in [0.25, 0.3) is 0 Å². The molecule has 28 heavy (non-hydrogen) atoms. The number of ketones is 1. The lowest BCUT2D eigenvalue weighted by atomic mass is 9.99. The zero-order valence-electron chi connectivity index (χ0n) is 16.1. The normalized spacial score (nSPS) is 15.8. The Morgan fingerprint density at radius 1 is 1.18 bits per heavy atom. The molecule has 0 saturated carbocycles. The topological polar surface area (TPSA) is 82.9 Å². The molecule has 1 atom stereocenters. The van der Waals surface area contributed by atoms with Crippen molar-refractivity contribution in [3.05, 3.63) is 50.9 Å². The molecular formula is C20H21ClN4O2S. The molecule has 1 aromatic carbocycles. The summed E-state index contributed by atoms with van der Waals surface area (Å²) in [6.07, 6.45) is 0.176. The summed E-state index contributed by atoms with van der Waals surface area (Å²) in [7, 11) is 0. The number of amidine groups is 1. The van der Waals surface area contributed by atoms with Crippen LogP contribution in [0.15, 0.2) is 34.3 Å². The molecule has 3 rings (SSSR count). The Labute approximate surface area is 172 Å². The Hall–Kier alpha value is -2.51. The number of rotatable bonds is 3. The summed E-state index contributed by atoms with van der Waals surface area (Å²) < 4.78 is 0. The van der Waals surface area contributed by atoms with Crippen LogP contribution in [0.1, 0.15) is 41.8 Å². The van der Waals surface area contributed by atoms with Gasteiger partial charge in [-0.3, -0.25) is 25.4 Å². The van der Waals surface area contributed by atoms with Crippen molar-refractivity contribution in [1.82, 2.24) is 10.9 Å². The molecular weight excluding hydrogens is 396 g/mol. The van der Waals surface area contributed by atoms with Gasteiger partial charge in [0.2, 0.25) is 5.91 Å². The number of hydrogen-bond acceptors (Lipinski definition) is 6. The van der Waals surface area contributed by atoms with Gasteiger partial charge in [-0.2, -0.15) is 0 Å². The van der Waals surface area contributed by atoms with Crippen molar-refractivity contribution in [2.75, 3.05) is 0 Å². The van der Waals surface area contributed by atoms with E-state index in [1.807, 2.05) is 38.1 Å². The summed E-state index contributed by atoms with van der Waals surface area (Å²) in [5, 5.41) is 1.43. The van der Waals surface area contributed by atoms with Gasteiger partial charge in [-0.05, 0) is 38.5 Å². The van der Waals surface area contributed by atoms with Crippen LogP contribution < -0.4 is 10.9 Å². The number of thiophene rings is 1. The average Bonchev–Trinajstić information content (AvgIpc) is 2.80. The van der Waals surface area contributed by atoms with Crippen molar-refractivity contribution in [3.63, 3.8) is 0 Å². The highest BCUT2D eigenvalue weighted by atomic mass is 35.5. The third kappa shape index (κ3) is 4.31. The third-order valence-electron chi connectivity index (χ3n) is 4.39. The van der Waals surface area contributed by atoms with Crippen molar-refractivity contribution >= 4 is 51.2 Å². The quantitative estimate of drug-likeness (QED) is 0.744. The molecule has 2 N–H and O–H groups in total. The maximum absolute atomic E-state index is 11.9. The predicted molar refractivity (Wildman–Crippen MR) is 114 cm³/mol. The number of aryl methyl sites for hydroxylation is 1. The lowest BCUT2D eigenvalue weighted by Crippen LogP contribution is -2.45. The largest absolute Gasteiger partial charge is 0.300 e. The van der Waals surface area contributed by atoms with Crippen molar-refractivity contribution in [1.29, 1.82) is 0 Å². The van der Waals surface area contributed by atoms with Crippen LogP contribution in [0.5, 0.6) is 0 Å². The van der Waals surface area contributed by atoms with Gasteiger partial charge in [0.15, 0.2) is 0 Å². The zero-order chi connectivity index (χ0) is 20.4. The summed E-state index contributed by atoms with van der Waals surface area (Å²) in [5.74, 6) is 0.172. The SMILES string of the molecule is CC(=O)C[C@@H]1N=C(c2ccc(Cl)cc2)c2c(sc(C)c2C)N=C1NNC(C)=O. The molecule has 0 spiro atoms. The van der Waals surface area contributed by atoms with Crippen LogP contribution in [0.3, 0.4) is 0 Å². The number of nitrogens with one attached hydrogen (secondary N) is 2. The van der Waals surface area contributed by atoms with Gasteiger partial charge in [0, 0.05) is 34.4 Å². The van der Waals surface area contributed by atoms with Crippen LogP contribution in [-0.2, 0) is 9.59 Å². The van der Waals surface area contributed by atoms with Gasteiger partial charge in [0.1, 0.15) is 22.7 Å². The van der Waals surface area contributed by atoms with E-state index in [4.69, 9.17) is 21.6 Å². The molecule has 2 aromatic rings. The van der Waals surface area contributed by atoms with Crippen molar-refractivity contribution in [3.8, 4) is 0 Å². The minimum Gasteiger partial charge on any atom is -0.300 e. The molecule has 0 aliphatic carbocycles. The van der Waals surface area contributed by atoms with Gasteiger partial charge in [-0.1, -0.05) is 23.7 Å². The monoisotopic (exact) mass is 416 g/mol. The number of hydrogen-bond donors (Lipinski definition) is 2. The van der Waals surface area contributed by atoms with Crippen molar-refractivity contribution in [2.45, 2.75) is 40.2 Å². The summed E-state index contributed by atoms with van der Waals surface area (Å²) in [6, 6.07) is 6.92. The van der Waals surface area contributed by atoms with Crippen LogP contribution >= 0.6 is 22.9 Å². The van der Waals surface area contributed by atoms with E-state index < -0.39 is 6.04 Å². The first-order valence-corrected chi connectivity index (χ1v) is 10.0. The highest BCUT2D eigenvalue weighted by Gasteiger charge is 2.28. The number of fused-ring (bicyclic) bond motifs is 1. The summed E-state index contributed by atoms with van der Waals surface area (Å²) >= 11 is 7.61. The van der Waals surface area contributed by atoms with Crippen LogP contribution in [0.2, 0.25) is 5.02 Å². The van der Waals surface area contributed by atoms with Crippen molar-refractivity contribution in [2.24, 2.45) is 9.98 Å². The molecule has 8 heteroatoms. The van der Waals surface area contributed by atoms with E-state index >= 15 is 0 Å². The van der Waals surface area contributed by atoms with Gasteiger partial charge in [0.25, 0.3) is 0 Å². The predicted octanol–water partition coefficient (Wildman–Crippen LogP) is 3.89. The molecule has 0 unspecified atom stereocenters. The number of Topliss-reactive ketones (excluding diaryl/α,β-unsaturated/α-hetero) is 1. The molecule has 6 nitrogen and oxygen atoms in total. The van der Waals surface area contributed by atoms with Crippen LogP contribution in [0, 0.1) is 13.8 Å². The van der Waals surface area contributed by atoms with Crippen LogP contribution in [-0.4, -0.2) is 29.3 Å². The standard InChI is InChI=1S/C20H21ClN4O2S/c1-10(26)9-16-19(25-24-13(4)27)23-20-17(11(2)12(3)28-20)18(22-16)14-5-7-15(21)8-6-14/h5-8,16H,9H2,1-4H3,(H,23,25)(H,24,27)/t16-/m0/s1. The maximum Gasteiger partial charge on any atom is 0.235 e. The lowest BCUT2D eigenvalue weighted by Gasteiger charge is -2.16. The van der Waals surface area contributed by atoms with E-state index in [1.165, 1.54) is 13.8 Å². The second-order valence-electron chi connectivity index (χ2n) is 6.67. The minimum atomic E-state index is -0.533. The Bertz CT molecular complexity index is 992. The number of carbonyl (C=O) groups excluding carboxylic acids is 2. The Balaban J connectivity index is 2.19. The first-order valence-electron chi connectivity index (χ1n) is 8.81. The molecule has 0 radical (unpaired) electrons. The molecule has 0 fully saturated rings. The number of halogens is 1. The number of carbonyl (C=O) groups is 2. The Morgan fingerprint density at radius 2 is 1.86 bits per heavy atom. The van der Waals surface area contributed by atoms with Gasteiger partial charge < -0.3 is 0 Å². The van der Waals surface area contributed by atoms with Gasteiger partial charge in [-0.15, -0.1) is 11.3 Å². The molecule has 0 saturated heterocycles. The highest BCUT2D eigenvalue weighted by molar-refractivity contribution is 7.16. The molecule has 146 valence electrons. The van der Waals surface area contributed by atoms with Gasteiger partial charge in [-0.25, -0.2) is 4.99 Å². The first kappa shape index (κ1) is 20.2. The van der Waals surface area contributed by atoms with Gasteiger partial charge in [0.05, 0.1) is 5.71 Å². The van der Waals surface area contributed by atoms with E-state index in [0.29, 0.717) is 10.9 Å². The minimum absolute atomic E-state index is 0.0142. The van der Waals surface area contributed by atoms with E-state index in [0.717, 1.165) is 32.3 Å². The Kier molecular flexibility index (Phi) is 5.96. The zero-order valence-corrected chi connectivity index (χ0v) is 17.7. The second kappa shape index (κ2) is 8.24. The van der Waals surface area contributed by atoms with Gasteiger partial charge >= 0.3 is 0 Å². The van der Waals surface area contributed by atoms with E-state index in [9.17, 15) is 9.59 Å². The number of aliphatic imine (C=N–C) groups is 2. The molecule has 2 heterocycles.